The number of hydrogen-bond acceptors (Lipinski definition) is 3. The van der Waals surface area contributed by atoms with Crippen LogP contribution in [0.3, 0.4) is 0 Å². The van der Waals surface area contributed by atoms with Gasteiger partial charge >= 0.3 is 6.18 Å². The van der Waals surface area contributed by atoms with Gasteiger partial charge in [-0.2, -0.15) is 18.3 Å². The standard InChI is InChI=1S/C15H15F3N4O/c1-9-2-5-13(19-7-9)20-14(23)8-22-11(10-3-4-10)6-12(21-22)15(16,17)18/h2,5-7,10H,3-4,8H2,1H3,(H,19,20,23). The first-order valence-corrected chi connectivity index (χ1v) is 7.20. The monoisotopic (exact) mass is 324 g/mol. The topological polar surface area (TPSA) is 59.8 Å². The smallest absolute Gasteiger partial charge is 0.309 e. The van der Waals surface area contributed by atoms with Crippen LogP contribution >= 0.6 is 0 Å². The van der Waals surface area contributed by atoms with Crippen LogP contribution in [0, 0.1) is 6.92 Å². The van der Waals surface area contributed by atoms with Crippen LogP contribution in [-0.4, -0.2) is 20.7 Å². The maximum atomic E-state index is 12.8. The molecule has 1 aliphatic rings. The molecule has 0 atom stereocenters. The molecule has 122 valence electrons. The lowest BCUT2D eigenvalue weighted by Crippen LogP contribution is -2.21. The van der Waals surface area contributed by atoms with Crippen molar-refractivity contribution in [2.75, 3.05) is 5.32 Å². The van der Waals surface area contributed by atoms with E-state index in [1.807, 2.05) is 6.92 Å². The fourth-order valence-electron chi connectivity index (χ4n) is 2.26. The zero-order valence-corrected chi connectivity index (χ0v) is 12.4. The van der Waals surface area contributed by atoms with Crippen LogP contribution in [0.15, 0.2) is 24.4 Å². The minimum Gasteiger partial charge on any atom is -0.309 e. The minimum absolute atomic E-state index is 0.0592. The van der Waals surface area contributed by atoms with Crippen molar-refractivity contribution in [3.05, 3.63) is 41.3 Å². The fourth-order valence-corrected chi connectivity index (χ4v) is 2.26. The molecule has 2 aromatic heterocycles. The highest BCUT2D eigenvalue weighted by atomic mass is 19.4. The van der Waals surface area contributed by atoms with Crippen molar-refractivity contribution >= 4 is 11.7 Å². The van der Waals surface area contributed by atoms with Gasteiger partial charge < -0.3 is 5.32 Å². The number of pyridine rings is 1. The van der Waals surface area contributed by atoms with Crippen molar-refractivity contribution < 1.29 is 18.0 Å². The average Bonchev–Trinajstić information content (AvgIpc) is 3.21. The molecule has 2 aromatic rings. The summed E-state index contributed by atoms with van der Waals surface area (Å²) in [5.74, 6) is -0.0410. The van der Waals surface area contributed by atoms with Crippen molar-refractivity contribution in [3.8, 4) is 0 Å². The minimum atomic E-state index is -4.51. The first kappa shape index (κ1) is 15.5. The van der Waals surface area contributed by atoms with Gasteiger partial charge in [0.2, 0.25) is 5.91 Å². The Morgan fingerprint density at radius 3 is 2.70 bits per heavy atom. The van der Waals surface area contributed by atoms with Gasteiger partial charge in [0.25, 0.3) is 0 Å². The number of alkyl halides is 3. The fraction of sp³-hybridized carbons (Fsp3) is 0.400. The summed E-state index contributed by atoms with van der Waals surface area (Å²) in [5, 5.41) is 6.11. The van der Waals surface area contributed by atoms with E-state index in [9.17, 15) is 18.0 Å². The molecule has 1 saturated carbocycles. The lowest BCUT2D eigenvalue weighted by Gasteiger charge is -2.08. The molecule has 2 heterocycles. The Balaban J connectivity index is 1.75. The van der Waals surface area contributed by atoms with E-state index in [1.165, 1.54) is 0 Å². The van der Waals surface area contributed by atoms with Crippen LogP contribution in [-0.2, 0) is 17.5 Å². The number of nitrogens with zero attached hydrogens (tertiary/aromatic N) is 3. The summed E-state index contributed by atoms with van der Waals surface area (Å²) in [6, 6.07) is 4.46. The molecule has 0 aromatic carbocycles. The van der Waals surface area contributed by atoms with Gasteiger partial charge in [0.05, 0.1) is 0 Å². The number of aromatic nitrogens is 3. The highest BCUT2D eigenvalue weighted by molar-refractivity contribution is 5.89. The summed E-state index contributed by atoms with van der Waals surface area (Å²) in [5.41, 5.74) is 0.450. The Labute approximate surface area is 130 Å². The Kier molecular flexibility index (Phi) is 3.83. The zero-order chi connectivity index (χ0) is 16.6. The summed E-state index contributed by atoms with van der Waals surface area (Å²) >= 11 is 0. The van der Waals surface area contributed by atoms with Crippen LogP contribution < -0.4 is 5.32 Å². The number of carbonyl (C=O) groups is 1. The molecule has 0 bridgehead atoms. The SMILES string of the molecule is Cc1ccc(NC(=O)Cn2nc(C(F)(F)F)cc2C2CC2)nc1. The third-order valence-corrected chi connectivity index (χ3v) is 3.57. The maximum Gasteiger partial charge on any atom is 0.435 e. The lowest BCUT2D eigenvalue weighted by atomic mass is 10.2. The van der Waals surface area contributed by atoms with Crippen molar-refractivity contribution in [3.63, 3.8) is 0 Å². The molecule has 1 N–H and O–H groups in total. The van der Waals surface area contributed by atoms with Crippen LogP contribution in [0.4, 0.5) is 19.0 Å². The number of rotatable bonds is 4. The second-order valence-corrected chi connectivity index (χ2v) is 5.65. The Bertz CT molecular complexity index is 717. The molecule has 23 heavy (non-hydrogen) atoms. The summed E-state index contributed by atoms with van der Waals surface area (Å²) in [4.78, 5) is 16.1. The van der Waals surface area contributed by atoms with E-state index >= 15 is 0 Å². The molecule has 3 rings (SSSR count). The molecular weight excluding hydrogens is 309 g/mol. The summed E-state index contributed by atoms with van der Waals surface area (Å²) in [7, 11) is 0. The number of halogens is 3. The van der Waals surface area contributed by atoms with Gasteiger partial charge in [0, 0.05) is 17.8 Å². The number of amides is 1. The summed E-state index contributed by atoms with van der Waals surface area (Å²) < 4.78 is 39.5. The largest absolute Gasteiger partial charge is 0.435 e. The van der Waals surface area contributed by atoms with Crippen molar-refractivity contribution in [1.29, 1.82) is 0 Å². The van der Waals surface area contributed by atoms with Crippen LogP contribution in [0.1, 0.15) is 35.7 Å². The van der Waals surface area contributed by atoms with E-state index in [-0.39, 0.29) is 12.5 Å². The summed E-state index contributed by atoms with van der Waals surface area (Å²) in [6.45, 7) is 1.60. The molecule has 0 saturated heterocycles. The number of anilines is 1. The highest BCUT2D eigenvalue weighted by Gasteiger charge is 2.38. The van der Waals surface area contributed by atoms with E-state index in [1.54, 1.807) is 18.3 Å². The third kappa shape index (κ3) is 3.69. The molecular formula is C15H15F3N4O. The third-order valence-electron chi connectivity index (χ3n) is 3.57. The first-order valence-electron chi connectivity index (χ1n) is 7.20. The molecule has 0 radical (unpaired) electrons. The number of carbonyl (C=O) groups excluding carboxylic acids is 1. The van der Waals surface area contributed by atoms with Crippen molar-refractivity contribution in [1.82, 2.24) is 14.8 Å². The van der Waals surface area contributed by atoms with E-state index < -0.39 is 17.8 Å². The zero-order valence-electron chi connectivity index (χ0n) is 12.4. The second-order valence-electron chi connectivity index (χ2n) is 5.65. The molecule has 0 spiro atoms. The van der Waals surface area contributed by atoms with Gasteiger partial charge in [-0.3, -0.25) is 9.48 Å². The molecule has 0 unspecified atom stereocenters. The van der Waals surface area contributed by atoms with Gasteiger partial charge in [-0.1, -0.05) is 6.07 Å². The van der Waals surface area contributed by atoms with Gasteiger partial charge in [-0.05, 0) is 37.5 Å². The predicted molar refractivity (Wildman–Crippen MR) is 76.8 cm³/mol. The molecule has 0 aliphatic heterocycles. The van der Waals surface area contributed by atoms with Crippen molar-refractivity contribution in [2.24, 2.45) is 0 Å². The first-order chi connectivity index (χ1) is 10.8. The van der Waals surface area contributed by atoms with Gasteiger partial charge in [0.15, 0.2) is 5.69 Å². The van der Waals surface area contributed by atoms with Gasteiger partial charge in [-0.25, -0.2) is 4.98 Å². The second kappa shape index (κ2) is 5.68. The van der Waals surface area contributed by atoms with Crippen LogP contribution in [0.25, 0.3) is 0 Å². The quantitative estimate of drug-likeness (QED) is 0.940. The molecule has 1 aliphatic carbocycles. The molecule has 1 amide bonds. The Morgan fingerprint density at radius 1 is 1.39 bits per heavy atom. The van der Waals surface area contributed by atoms with E-state index in [2.05, 4.69) is 15.4 Å². The lowest BCUT2D eigenvalue weighted by molar-refractivity contribution is -0.141. The Hall–Kier alpha value is -2.38. The average molecular weight is 324 g/mol. The number of hydrogen-bond donors (Lipinski definition) is 1. The normalized spacial score (nSPS) is 14.8. The van der Waals surface area contributed by atoms with Crippen LogP contribution in [0.2, 0.25) is 0 Å². The maximum absolute atomic E-state index is 12.8. The summed E-state index contributed by atoms with van der Waals surface area (Å²) in [6.07, 6.45) is -1.26. The van der Waals surface area contributed by atoms with Gasteiger partial charge in [0.1, 0.15) is 12.4 Å². The van der Waals surface area contributed by atoms with Gasteiger partial charge in [-0.15, -0.1) is 0 Å². The highest BCUT2D eigenvalue weighted by Crippen LogP contribution is 2.42. The molecule has 5 nitrogen and oxygen atoms in total. The van der Waals surface area contributed by atoms with E-state index in [0.29, 0.717) is 11.5 Å². The van der Waals surface area contributed by atoms with E-state index in [0.717, 1.165) is 29.2 Å². The van der Waals surface area contributed by atoms with Crippen molar-refractivity contribution in [2.45, 2.75) is 38.4 Å². The number of nitrogens with one attached hydrogen (secondary N) is 1. The predicted octanol–water partition coefficient (Wildman–Crippen LogP) is 3.12. The van der Waals surface area contributed by atoms with E-state index in [4.69, 9.17) is 0 Å². The van der Waals surface area contributed by atoms with Crippen LogP contribution in [0.5, 0.6) is 0 Å². The number of aryl methyl sites for hydroxylation is 1. The molecule has 8 heteroatoms. The molecule has 1 fully saturated rings. The Morgan fingerprint density at radius 2 is 2.13 bits per heavy atom.